The average molecular weight is 231 g/mol. The second kappa shape index (κ2) is 3.86. The smallest absolute Gasteiger partial charge is 0.336 e. The van der Waals surface area contributed by atoms with Gasteiger partial charge < -0.3 is 10.8 Å². The number of aryl methyl sites for hydroxylation is 1. The van der Waals surface area contributed by atoms with Gasteiger partial charge in [0.2, 0.25) is 11.4 Å². The average Bonchev–Trinajstić information content (AvgIpc) is 2.28. The zero-order chi connectivity index (χ0) is 12.6. The van der Waals surface area contributed by atoms with Crippen LogP contribution < -0.4 is 10.3 Å². The Labute approximate surface area is 97.1 Å². The van der Waals surface area contributed by atoms with Gasteiger partial charge >= 0.3 is 5.97 Å². The van der Waals surface area contributed by atoms with E-state index in [4.69, 9.17) is 10.8 Å². The molecule has 0 atom stereocenters. The number of carbonyl (C=O) groups is 2. The molecule has 0 fully saturated rings. The summed E-state index contributed by atoms with van der Waals surface area (Å²) < 4.78 is 1.74. The van der Waals surface area contributed by atoms with E-state index in [1.807, 2.05) is 0 Å². The maximum atomic E-state index is 11.3. The lowest BCUT2D eigenvalue weighted by atomic mass is 10.0. The summed E-state index contributed by atoms with van der Waals surface area (Å²) in [6.07, 6.45) is 1.64. The predicted octanol–water partition coefficient (Wildman–Crippen LogP) is 0.461. The molecule has 0 aliphatic heterocycles. The number of carboxylic acids is 1. The number of aromatic nitrogens is 1. The number of carboxylic acid groups (broad SMARTS) is 1. The normalized spacial score (nSPS) is 10.4. The summed E-state index contributed by atoms with van der Waals surface area (Å²) in [7, 11) is 1.78. The highest BCUT2D eigenvalue weighted by atomic mass is 16.4. The van der Waals surface area contributed by atoms with Crippen LogP contribution in [0.2, 0.25) is 0 Å². The van der Waals surface area contributed by atoms with E-state index in [1.165, 1.54) is 12.1 Å². The molecule has 2 aromatic rings. The summed E-state index contributed by atoms with van der Waals surface area (Å²) in [6, 6.07) is 6.40. The number of fused-ring (bicyclic) bond motifs is 1. The largest absolute Gasteiger partial charge is 0.478 e. The maximum absolute atomic E-state index is 11.3. The molecule has 3 N–H and O–H groups in total. The lowest BCUT2D eigenvalue weighted by molar-refractivity contribution is -0.644. The second-order valence-corrected chi connectivity index (χ2v) is 3.71. The van der Waals surface area contributed by atoms with Gasteiger partial charge in [-0.2, -0.15) is 0 Å². The molecule has 5 heteroatoms. The number of amides is 1. The Balaban J connectivity index is 2.99. The van der Waals surface area contributed by atoms with Gasteiger partial charge in [-0.25, -0.2) is 9.36 Å². The van der Waals surface area contributed by atoms with E-state index in [2.05, 4.69) is 0 Å². The van der Waals surface area contributed by atoms with E-state index < -0.39 is 11.9 Å². The highest BCUT2D eigenvalue weighted by Gasteiger charge is 2.19. The van der Waals surface area contributed by atoms with Gasteiger partial charge in [-0.1, -0.05) is 6.07 Å². The quantitative estimate of drug-likeness (QED) is 0.736. The van der Waals surface area contributed by atoms with Crippen molar-refractivity contribution in [2.75, 3.05) is 0 Å². The molecule has 2 rings (SSSR count). The molecule has 1 heterocycles. The lowest BCUT2D eigenvalue weighted by Crippen LogP contribution is -2.30. The molecule has 0 aliphatic carbocycles. The Morgan fingerprint density at radius 3 is 2.53 bits per heavy atom. The fourth-order valence-electron chi connectivity index (χ4n) is 1.85. The van der Waals surface area contributed by atoms with Crippen molar-refractivity contribution >= 4 is 22.8 Å². The Bertz CT molecular complexity index is 615. The lowest BCUT2D eigenvalue weighted by Gasteiger charge is -2.04. The first-order valence-electron chi connectivity index (χ1n) is 4.97. The van der Waals surface area contributed by atoms with E-state index in [1.54, 1.807) is 29.9 Å². The first-order chi connectivity index (χ1) is 8.02. The summed E-state index contributed by atoms with van der Waals surface area (Å²) in [5.41, 5.74) is 6.21. The number of aromatic carboxylic acids is 1. The molecule has 0 aliphatic rings. The van der Waals surface area contributed by atoms with Crippen molar-refractivity contribution in [1.29, 1.82) is 0 Å². The number of hydrogen-bond donors (Lipinski definition) is 2. The highest BCUT2D eigenvalue weighted by Crippen LogP contribution is 2.20. The van der Waals surface area contributed by atoms with Gasteiger partial charge in [0.25, 0.3) is 0 Å². The Hall–Kier alpha value is -2.43. The van der Waals surface area contributed by atoms with Crippen LogP contribution in [0.5, 0.6) is 0 Å². The van der Waals surface area contributed by atoms with Crippen LogP contribution >= 0.6 is 0 Å². The minimum absolute atomic E-state index is 0.0764. The highest BCUT2D eigenvalue weighted by molar-refractivity contribution is 6.12. The third kappa shape index (κ3) is 1.71. The molecule has 0 saturated carbocycles. The standard InChI is InChI=1S/C12H10N2O3/c1-14-6-5-8(12(16)17)10-7(11(13)15)3-2-4-9(10)14/h2-6H,1H3,(H2-,13,15,16,17)/p+1. The van der Waals surface area contributed by atoms with Crippen molar-refractivity contribution in [2.24, 2.45) is 12.8 Å². The van der Waals surface area contributed by atoms with E-state index in [9.17, 15) is 9.59 Å². The number of pyridine rings is 1. The van der Waals surface area contributed by atoms with Crippen molar-refractivity contribution in [3.63, 3.8) is 0 Å². The molecule has 86 valence electrons. The summed E-state index contributed by atoms with van der Waals surface area (Å²) >= 11 is 0. The van der Waals surface area contributed by atoms with Gasteiger partial charge in [0.1, 0.15) is 7.05 Å². The maximum Gasteiger partial charge on any atom is 0.336 e. The number of carbonyl (C=O) groups excluding carboxylic acids is 1. The second-order valence-electron chi connectivity index (χ2n) is 3.71. The fourth-order valence-corrected chi connectivity index (χ4v) is 1.85. The van der Waals surface area contributed by atoms with Gasteiger partial charge in [0.15, 0.2) is 6.20 Å². The molecule has 0 spiro atoms. The van der Waals surface area contributed by atoms with Gasteiger partial charge in [0.05, 0.1) is 16.5 Å². The molecule has 0 unspecified atom stereocenters. The van der Waals surface area contributed by atoms with Crippen molar-refractivity contribution in [3.05, 3.63) is 41.6 Å². The number of nitrogens with two attached hydrogens (primary N) is 1. The Morgan fingerprint density at radius 2 is 1.94 bits per heavy atom. The van der Waals surface area contributed by atoms with Crippen LogP contribution in [-0.2, 0) is 7.05 Å². The van der Waals surface area contributed by atoms with E-state index in [0.29, 0.717) is 10.9 Å². The summed E-state index contributed by atoms with van der Waals surface area (Å²) in [4.78, 5) is 22.5. The van der Waals surface area contributed by atoms with Crippen LogP contribution in [0.3, 0.4) is 0 Å². The van der Waals surface area contributed by atoms with E-state index >= 15 is 0 Å². The first-order valence-corrected chi connectivity index (χ1v) is 4.97. The van der Waals surface area contributed by atoms with Crippen molar-refractivity contribution < 1.29 is 19.3 Å². The molecular formula is C12H11N2O3+. The van der Waals surface area contributed by atoms with Crippen molar-refractivity contribution in [3.8, 4) is 0 Å². The Morgan fingerprint density at radius 1 is 1.24 bits per heavy atom. The van der Waals surface area contributed by atoms with Crippen molar-refractivity contribution in [2.45, 2.75) is 0 Å². The predicted molar refractivity (Wildman–Crippen MR) is 60.6 cm³/mol. The summed E-state index contributed by atoms with van der Waals surface area (Å²) in [6.45, 7) is 0. The number of benzene rings is 1. The first kappa shape index (κ1) is 11.1. The topological polar surface area (TPSA) is 84.3 Å². The third-order valence-corrected chi connectivity index (χ3v) is 2.65. The molecule has 1 aromatic heterocycles. The molecular weight excluding hydrogens is 220 g/mol. The van der Waals surface area contributed by atoms with Gasteiger partial charge in [-0.15, -0.1) is 0 Å². The van der Waals surface area contributed by atoms with Gasteiger partial charge in [0, 0.05) is 12.1 Å². The molecule has 0 saturated heterocycles. The third-order valence-electron chi connectivity index (χ3n) is 2.65. The zero-order valence-corrected chi connectivity index (χ0v) is 9.18. The van der Waals surface area contributed by atoms with Gasteiger partial charge in [-0.3, -0.25) is 4.79 Å². The van der Waals surface area contributed by atoms with Crippen LogP contribution in [0.1, 0.15) is 20.7 Å². The monoisotopic (exact) mass is 231 g/mol. The van der Waals surface area contributed by atoms with Crippen LogP contribution in [-0.4, -0.2) is 17.0 Å². The molecule has 0 radical (unpaired) electrons. The van der Waals surface area contributed by atoms with Crippen LogP contribution in [0.15, 0.2) is 30.5 Å². The van der Waals surface area contributed by atoms with E-state index in [0.717, 1.165) is 0 Å². The van der Waals surface area contributed by atoms with E-state index in [-0.39, 0.29) is 11.1 Å². The summed E-state index contributed by atoms with van der Waals surface area (Å²) in [5.74, 6) is -1.71. The zero-order valence-electron chi connectivity index (χ0n) is 9.18. The van der Waals surface area contributed by atoms with Crippen molar-refractivity contribution in [1.82, 2.24) is 0 Å². The number of rotatable bonds is 2. The Kier molecular flexibility index (Phi) is 2.51. The minimum atomic E-state index is -1.08. The minimum Gasteiger partial charge on any atom is -0.478 e. The number of nitrogens with zero attached hydrogens (tertiary/aromatic N) is 1. The van der Waals surface area contributed by atoms with Crippen LogP contribution in [0, 0.1) is 0 Å². The SMILES string of the molecule is C[n+]1ccc(C(=O)O)c2c(C(N)=O)cccc21. The van der Waals surface area contributed by atoms with Gasteiger partial charge in [-0.05, 0) is 6.07 Å². The van der Waals surface area contributed by atoms with Crippen LogP contribution in [0.4, 0.5) is 0 Å². The number of hydrogen-bond acceptors (Lipinski definition) is 2. The van der Waals surface area contributed by atoms with Crippen LogP contribution in [0.25, 0.3) is 10.9 Å². The molecule has 1 amide bonds. The fraction of sp³-hybridized carbons (Fsp3) is 0.0833. The summed E-state index contributed by atoms with van der Waals surface area (Å²) in [5, 5.41) is 9.49. The molecule has 5 nitrogen and oxygen atoms in total. The number of primary amides is 1. The molecule has 1 aromatic carbocycles. The molecule has 17 heavy (non-hydrogen) atoms. The molecule has 0 bridgehead atoms.